The van der Waals surface area contributed by atoms with Crippen LogP contribution in [0.5, 0.6) is 11.5 Å². The summed E-state index contributed by atoms with van der Waals surface area (Å²) in [4.78, 5) is 27.5. The molecule has 0 bridgehead atoms. The molecule has 2 fully saturated rings. The smallest absolute Gasteiger partial charge is 0.258 e. The fraction of sp³-hybridized carbons (Fsp3) is 0.333. The van der Waals surface area contributed by atoms with E-state index in [1.165, 1.54) is 0 Å². The summed E-state index contributed by atoms with van der Waals surface area (Å²) in [7, 11) is 0. The molecule has 2 aliphatic rings. The quantitative estimate of drug-likeness (QED) is 0.852. The highest BCUT2D eigenvalue weighted by molar-refractivity contribution is 6.00. The van der Waals surface area contributed by atoms with Crippen LogP contribution in [0.15, 0.2) is 54.6 Å². The highest BCUT2D eigenvalue weighted by Crippen LogP contribution is 2.27. The molecule has 1 aliphatic heterocycles. The Morgan fingerprint density at radius 3 is 2.56 bits per heavy atom. The van der Waals surface area contributed by atoms with Gasteiger partial charge in [0.1, 0.15) is 17.5 Å². The molecule has 2 N–H and O–H groups in total. The lowest BCUT2D eigenvalue weighted by Crippen LogP contribution is -2.59. The first-order valence-corrected chi connectivity index (χ1v) is 9.36. The molecule has 0 spiro atoms. The van der Waals surface area contributed by atoms with Gasteiger partial charge in [-0.2, -0.15) is 0 Å². The van der Waals surface area contributed by atoms with Gasteiger partial charge in [0.15, 0.2) is 0 Å². The topological polar surface area (TPSA) is 70.7 Å². The van der Waals surface area contributed by atoms with Crippen molar-refractivity contribution in [3.05, 3.63) is 60.2 Å². The van der Waals surface area contributed by atoms with Crippen molar-refractivity contribution in [1.29, 1.82) is 0 Å². The molecule has 0 aromatic heterocycles. The molecule has 1 aliphatic carbocycles. The van der Waals surface area contributed by atoms with Crippen LogP contribution in [0, 0.1) is 0 Å². The third-order valence-corrected chi connectivity index (χ3v) is 4.82. The van der Waals surface area contributed by atoms with Crippen LogP contribution in [0.1, 0.15) is 23.2 Å². The van der Waals surface area contributed by atoms with Gasteiger partial charge in [0.2, 0.25) is 5.91 Å². The van der Waals surface area contributed by atoms with E-state index in [-0.39, 0.29) is 17.9 Å². The SMILES string of the molecule is O=C(NC1CC1)[C@H]1CNCCN1C(=O)c1ccccc1Oc1ccccc1. The number of ether oxygens (including phenoxy) is 1. The minimum Gasteiger partial charge on any atom is -0.457 e. The van der Waals surface area contributed by atoms with Gasteiger partial charge < -0.3 is 20.3 Å². The molecule has 2 aromatic rings. The number of nitrogens with zero attached hydrogens (tertiary/aromatic N) is 1. The number of nitrogens with one attached hydrogen (secondary N) is 2. The average molecular weight is 365 g/mol. The number of amides is 2. The van der Waals surface area contributed by atoms with E-state index < -0.39 is 6.04 Å². The molecule has 0 unspecified atom stereocenters. The lowest BCUT2D eigenvalue weighted by Gasteiger charge is -2.35. The Hall–Kier alpha value is -2.86. The van der Waals surface area contributed by atoms with Crippen LogP contribution in [-0.4, -0.2) is 48.4 Å². The Morgan fingerprint density at radius 2 is 1.78 bits per heavy atom. The molecule has 2 aromatic carbocycles. The Morgan fingerprint density at radius 1 is 1.04 bits per heavy atom. The van der Waals surface area contributed by atoms with Crippen LogP contribution < -0.4 is 15.4 Å². The molecule has 27 heavy (non-hydrogen) atoms. The molecule has 6 nitrogen and oxygen atoms in total. The third-order valence-electron chi connectivity index (χ3n) is 4.82. The zero-order valence-corrected chi connectivity index (χ0v) is 15.1. The number of carbonyl (C=O) groups is 2. The van der Waals surface area contributed by atoms with Crippen molar-refractivity contribution in [2.24, 2.45) is 0 Å². The minimum absolute atomic E-state index is 0.0838. The van der Waals surface area contributed by atoms with Gasteiger partial charge in [-0.15, -0.1) is 0 Å². The van der Waals surface area contributed by atoms with E-state index >= 15 is 0 Å². The molecule has 2 amide bonds. The summed E-state index contributed by atoms with van der Waals surface area (Å²) in [5.41, 5.74) is 0.465. The van der Waals surface area contributed by atoms with Crippen molar-refractivity contribution in [2.75, 3.05) is 19.6 Å². The standard InChI is InChI=1S/C21H23N3O3/c25-20(23-15-10-11-15)18-14-22-12-13-24(18)21(26)17-8-4-5-9-19(17)27-16-6-2-1-3-7-16/h1-9,15,18,22H,10-14H2,(H,23,25)/t18-/m1/s1. The molecule has 1 saturated heterocycles. The summed E-state index contributed by atoms with van der Waals surface area (Å²) in [5, 5.41) is 6.22. The van der Waals surface area contributed by atoms with Gasteiger partial charge in [-0.3, -0.25) is 9.59 Å². The summed E-state index contributed by atoms with van der Waals surface area (Å²) in [6, 6.07) is 16.3. The monoisotopic (exact) mass is 365 g/mol. The predicted octanol–water partition coefficient (Wildman–Crippen LogP) is 2.17. The van der Waals surface area contributed by atoms with Crippen molar-refractivity contribution in [2.45, 2.75) is 24.9 Å². The highest BCUT2D eigenvalue weighted by atomic mass is 16.5. The number of carbonyl (C=O) groups excluding carboxylic acids is 2. The number of rotatable bonds is 5. The molecule has 0 radical (unpaired) electrons. The summed E-state index contributed by atoms with van der Waals surface area (Å²) < 4.78 is 5.93. The van der Waals surface area contributed by atoms with E-state index in [1.54, 1.807) is 17.0 Å². The molecule has 6 heteroatoms. The molecule has 1 heterocycles. The van der Waals surface area contributed by atoms with Crippen LogP contribution in [0.25, 0.3) is 0 Å². The maximum Gasteiger partial charge on any atom is 0.258 e. The zero-order chi connectivity index (χ0) is 18.6. The zero-order valence-electron chi connectivity index (χ0n) is 15.1. The van der Waals surface area contributed by atoms with E-state index in [0.29, 0.717) is 36.7 Å². The number of hydrogen-bond donors (Lipinski definition) is 2. The largest absolute Gasteiger partial charge is 0.457 e. The Balaban J connectivity index is 1.56. The molecule has 140 valence electrons. The van der Waals surface area contributed by atoms with Gasteiger partial charge >= 0.3 is 0 Å². The summed E-state index contributed by atoms with van der Waals surface area (Å²) in [6.45, 7) is 1.62. The second kappa shape index (κ2) is 7.80. The number of piperazine rings is 1. The third kappa shape index (κ3) is 4.11. The molecule has 1 atom stereocenters. The predicted molar refractivity (Wildman–Crippen MR) is 102 cm³/mol. The van der Waals surface area contributed by atoms with Gasteiger partial charge in [-0.05, 0) is 37.1 Å². The van der Waals surface area contributed by atoms with Crippen molar-refractivity contribution in [3.63, 3.8) is 0 Å². The Bertz CT molecular complexity index is 820. The summed E-state index contributed by atoms with van der Waals surface area (Å²) in [6.07, 6.45) is 2.04. The van der Waals surface area contributed by atoms with Crippen LogP contribution >= 0.6 is 0 Å². The number of hydrogen-bond acceptors (Lipinski definition) is 4. The maximum atomic E-state index is 13.3. The highest BCUT2D eigenvalue weighted by Gasteiger charge is 2.36. The molecule has 4 rings (SSSR count). The van der Waals surface area contributed by atoms with Gasteiger partial charge in [-0.1, -0.05) is 30.3 Å². The van der Waals surface area contributed by atoms with Crippen molar-refractivity contribution < 1.29 is 14.3 Å². The molecular formula is C21H23N3O3. The van der Waals surface area contributed by atoms with Crippen molar-refractivity contribution in [3.8, 4) is 11.5 Å². The number of para-hydroxylation sites is 2. The van der Waals surface area contributed by atoms with Gasteiger partial charge in [0, 0.05) is 25.7 Å². The fourth-order valence-electron chi connectivity index (χ4n) is 3.21. The second-order valence-electron chi connectivity index (χ2n) is 6.91. The van der Waals surface area contributed by atoms with Crippen LogP contribution in [0.2, 0.25) is 0 Å². The normalized spacial score (nSPS) is 19.4. The Kier molecular flexibility index (Phi) is 5.07. The lowest BCUT2D eigenvalue weighted by molar-refractivity contribution is -0.126. The van der Waals surface area contributed by atoms with Crippen LogP contribution in [0.3, 0.4) is 0 Å². The average Bonchev–Trinajstić information content (AvgIpc) is 3.53. The maximum absolute atomic E-state index is 13.3. The van der Waals surface area contributed by atoms with Crippen LogP contribution in [0.4, 0.5) is 0 Å². The second-order valence-corrected chi connectivity index (χ2v) is 6.91. The number of benzene rings is 2. The summed E-state index contributed by atoms with van der Waals surface area (Å²) in [5.74, 6) is 0.896. The van der Waals surface area contributed by atoms with Crippen molar-refractivity contribution >= 4 is 11.8 Å². The summed E-state index contributed by atoms with van der Waals surface area (Å²) >= 11 is 0. The molecular weight excluding hydrogens is 342 g/mol. The first-order valence-electron chi connectivity index (χ1n) is 9.36. The van der Waals surface area contributed by atoms with E-state index in [2.05, 4.69) is 10.6 Å². The van der Waals surface area contributed by atoms with E-state index in [1.807, 2.05) is 42.5 Å². The van der Waals surface area contributed by atoms with E-state index in [9.17, 15) is 9.59 Å². The molecule has 1 saturated carbocycles. The first-order chi connectivity index (χ1) is 13.2. The van der Waals surface area contributed by atoms with Gasteiger partial charge in [0.05, 0.1) is 5.56 Å². The van der Waals surface area contributed by atoms with Gasteiger partial charge in [-0.25, -0.2) is 0 Å². The van der Waals surface area contributed by atoms with Gasteiger partial charge in [0.25, 0.3) is 5.91 Å². The lowest BCUT2D eigenvalue weighted by atomic mass is 10.1. The van der Waals surface area contributed by atoms with Crippen LogP contribution in [-0.2, 0) is 4.79 Å². The first kappa shape index (κ1) is 17.5. The van der Waals surface area contributed by atoms with E-state index in [0.717, 1.165) is 12.8 Å². The van der Waals surface area contributed by atoms with E-state index in [4.69, 9.17) is 4.74 Å². The fourth-order valence-corrected chi connectivity index (χ4v) is 3.21. The van der Waals surface area contributed by atoms with Crippen molar-refractivity contribution in [1.82, 2.24) is 15.5 Å². The Labute approximate surface area is 158 Å². The minimum atomic E-state index is -0.503.